The van der Waals surface area contributed by atoms with Gasteiger partial charge in [-0.2, -0.15) is 0 Å². The number of hydrogen-bond acceptors (Lipinski definition) is 7. The molecule has 0 aromatic heterocycles. The summed E-state index contributed by atoms with van der Waals surface area (Å²) in [5, 5.41) is 0. The summed E-state index contributed by atoms with van der Waals surface area (Å²) < 4.78 is 39.9. The van der Waals surface area contributed by atoms with E-state index < -0.39 is 0 Å². The van der Waals surface area contributed by atoms with E-state index in [1.807, 2.05) is 0 Å². The summed E-state index contributed by atoms with van der Waals surface area (Å²) in [6, 6.07) is 24.6. The Balaban J connectivity index is 1.32. The van der Waals surface area contributed by atoms with Crippen molar-refractivity contribution < 1.29 is 28.4 Å². The maximum absolute atomic E-state index is 7.16. The van der Waals surface area contributed by atoms with Crippen molar-refractivity contribution in [3.05, 3.63) is 94.5 Å². The molecule has 2 heterocycles. The summed E-state index contributed by atoms with van der Waals surface area (Å²) in [5.41, 5.74) is 7.77. The van der Waals surface area contributed by atoms with Crippen LogP contribution in [0.4, 0.5) is 5.69 Å². The Morgan fingerprint density at radius 1 is 0.685 bits per heavy atom. The van der Waals surface area contributed by atoms with Gasteiger partial charge in [-0.05, 0) is 90.8 Å². The average molecular weight is 742 g/mol. The van der Waals surface area contributed by atoms with Crippen LogP contribution in [0.5, 0.6) is 5.75 Å². The molecule has 0 N–H and O–H groups in total. The van der Waals surface area contributed by atoms with Crippen LogP contribution in [-0.4, -0.2) is 70.6 Å². The topological polar surface area (TPSA) is 58.6 Å². The molecule has 54 heavy (non-hydrogen) atoms. The van der Waals surface area contributed by atoms with Crippen molar-refractivity contribution in [3.8, 4) is 5.75 Å². The van der Waals surface area contributed by atoms with Crippen molar-refractivity contribution in [2.24, 2.45) is 0 Å². The summed E-state index contributed by atoms with van der Waals surface area (Å²) in [5.74, 6) is 1.59. The Morgan fingerprint density at radius 3 is 2.07 bits per heavy atom. The molecule has 1 aliphatic carbocycles. The first-order valence-corrected chi connectivity index (χ1v) is 21.4. The molecular weight excluding hydrogens is 675 g/mol. The highest BCUT2D eigenvalue weighted by atomic mass is 16.6. The van der Waals surface area contributed by atoms with Crippen molar-refractivity contribution in [1.29, 1.82) is 0 Å². The fraction of sp³-hybridized carbons (Fsp3) is 0.617. The zero-order valence-electron chi connectivity index (χ0n) is 33.6. The summed E-state index contributed by atoms with van der Waals surface area (Å²) in [4.78, 5) is 2.46. The van der Waals surface area contributed by atoms with E-state index in [1.165, 1.54) is 40.8 Å². The van der Waals surface area contributed by atoms with E-state index in [-0.39, 0.29) is 30.5 Å². The Hall–Kier alpha value is -2.94. The van der Waals surface area contributed by atoms with Crippen molar-refractivity contribution in [1.82, 2.24) is 0 Å². The summed E-state index contributed by atoms with van der Waals surface area (Å²) in [6.07, 6.45) is 10.3. The Bertz CT molecular complexity index is 1530. The summed E-state index contributed by atoms with van der Waals surface area (Å²) >= 11 is 0. The summed E-state index contributed by atoms with van der Waals surface area (Å²) in [6.45, 7) is 14.5. The Labute approximate surface area is 326 Å². The molecule has 0 amide bonds. The molecule has 7 heteroatoms. The Morgan fingerprint density at radius 2 is 1.37 bits per heavy atom. The second kappa shape index (κ2) is 21.4. The van der Waals surface area contributed by atoms with E-state index in [4.69, 9.17) is 28.4 Å². The second-order valence-corrected chi connectivity index (χ2v) is 15.6. The lowest BCUT2D eigenvalue weighted by molar-refractivity contribution is -0.268. The molecule has 7 nitrogen and oxygen atoms in total. The highest BCUT2D eigenvalue weighted by Crippen LogP contribution is 2.45. The normalized spacial score (nSPS) is 22.6. The van der Waals surface area contributed by atoms with Crippen molar-refractivity contribution in [3.63, 3.8) is 0 Å². The van der Waals surface area contributed by atoms with Crippen LogP contribution in [0, 0.1) is 0 Å². The van der Waals surface area contributed by atoms with E-state index in [0.717, 1.165) is 88.8 Å². The molecule has 2 fully saturated rings. The third-order valence-corrected chi connectivity index (χ3v) is 11.1. The lowest BCUT2D eigenvalue weighted by Gasteiger charge is -2.46. The number of fused-ring (bicyclic) bond motifs is 1. The van der Waals surface area contributed by atoms with Crippen LogP contribution in [0.3, 0.4) is 0 Å². The van der Waals surface area contributed by atoms with Crippen LogP contribution in [0.25, 0.3) is 0 Å². The zero-order chi connectivity index (χ0) is 37.5. The zero-order valence-corrected chi connectivity index (χ0v) is 33.6. The van der Waals surface area contributed by atoms with Gasteiger partial charge in [-0.1, -0.05) is 108 Å². The highest BCUT2D eigenvalue weighted by Gasteiger charge is 2.49. The minimum Gasteiger partial charge on any atom is -0.490 e. The third-order valence-electron chi connectivity index (χ3n) is 11.1. The van der Waals surface area contributed by atoms with Crippen LogP contribution in [0.15, 0.2) is 66.7 Å². The first-order valence-electron chi connectivity index (χ1n) is 21.4. The maximum Gasteiger partial charge on any atom is 0.142 e. The van der Waals surface area contributed by atoms with Crippen molar-refractivity contribution in [2.45, 2.75) is 141 Å². The molecule has 5 atom stereocenters. The number of hydrogen-bond donors (Lipinski definition) is 0. The van der Waals surface area contributed by atoms with Gasteiger partial charge in [-0.15, -0.1) is 0 Å². The van der Waals surface area contributed by atoms with E-state index in [1.54, 1.807) is 0 Å². The highest BCUT2D eigenvalue weighted by molar-refractivity contribution is 5.62. The van der Waals surface area contributed by atoms with Crippen molar-refractivity contribution >= 4 is 5.69 Å². The van der Waals surface area contributed by atoms with Gasteiger partial charge < -0.3 is 33.3 Å². The maximum atomic E-state index is 7.16. The predicted octanol–water partition coefficient (Wildman–Crippen LogP) is 10.4. The predicted molar refractivity (Wildman–Crippen MR) is 218 cm³/mol. The van der Waals surface area contributed by atoms with Crippen LogP contribution in [-0.2, 0) is 36.6 Å². The number of ether oxygens (including phenoxy) is 6. The molecule has 6 rings (SSSR count). The molecule has 3 aromatic rings. The Kier molecular flexibility index (Phi) is 16.1. The van der Waals surface area contributed by atoms with E-state index in [0.29, 0.717) is 39.0 Å². The molecule has 3 aliphatic rings. The average Bonchev–Trinajstić information content (AvgIpc) is 4.04. The first kappa shape index (κ1) is 40.7. The quantitative estimate of drug-likeness (QED) is 0.0897. The van der Waals surface area contributed by atoms with Crippen LogP contribution < -0.4 is 9.64 Å². The number of unbranched alkanes of at least 4 members (excludes halogenated alkanes) is 4. The van der Waals surface area contributed by atoms with Gasteiger partial charge in [0, 0.05) is 33.0 Å². The third kappa shape index (κ3) is 11.1. The van der Waals surface area contributed by atoms with Gasteiger partial charge in [0.1, 0.15) is 42.9 Å². The van der Waals surface area contributed by atoms with Gasteiger partial charge in [0.05, 0.1) is 18.8 Å². The molecule has 3 aromatic carbocycles. The van der Waals surface area contributed by atoms with Crippen LogP contribution in [0.2, 0.25) is 0 Å². The minimum absolute atomic E-state index is 0.258. The van der Waals surface area contributed by atoms with Gasteiger partial charge in [0.15, 0.2) is 0 Å². The van der Waals surface area contributed by atoms with Crippen LogP contribution >= 0.6 is 0 Å². The minimum atomic E-state index is -0.301. The molecule has 2 aliphatic heterocycles. The standard InChI is InChI=1S/C47H67NO6/c1-5-9-25-49-34-43-45(51-26-10-6-2)47(53-28-12-8-4)46(52-27-11-7-3)44(54-43)38-21-22-40(37-19-20-37)39(32-38)30-36-18-23-42-41(31-36)48(24-29-50-42)33-35-16-14-13-15-17-35/h13-18,21-23,31-32,37,43-47H,5-12,19-20,24-30,33-34H2,1-4H3/t43-,44+,45-,46+,47+/m1/s1. The smallest absolute Gasteiger partial charge is 0.142 e. The number of rotatable bonds is 23. The van der Waals surface area contributed by atoms with E-state index >= 15 is 0 Å². The molecule has 0 bridgehead atoms. The van der Waals surface area contributed by atoms with E-state index in [2.05, 4.69) is 99.3 Å². The van der Waals surface area contributed by atoms with Gasteiger partial charge in [-0.25, -0.2) is 0 Å². The van der Waals surface area contributed by atoms with Gasteiger partial charge in [0.25, 0.3) is 0 Å². The summed E-state index contributed by atoms with van der Waals surface area (Å²) in [7, 11) is 0. The molecule has 296 valence electrons. The van der Waals surface area contributed by atoms with E-state index in [9.17, 15) is 0 Å². The SMILES string of the molecule is CCCCOC[C@H]1O[C@@H](c2ccc(C3CC3)c(Cc3ccc4c(c3)N(Cc3ccccc3)CCO4)c2)[C@H](OCCCC)[C@@H](OCCCC)[C@@H]1OCCCC. The molecular formula is C47H67NO6. The number of benzene rings is 3. The van der Waals surface area contributed by atoms with Gasteiger partial charge in [0.2, 0.25) is 0 Å². The fourth-order valence-electron chi connectivity index (χ4n) is 7.79. The molecule has 0 spiro atoms. The largest absolute Gasteiger partial charge is 0.490 e. The number of nitrogens with zero attached hydrogens (tertiary/aromatic N) is 1. The van der Waals surface area contributed by atoms with Gasteiger partial charge in [-0.3, -0.25) is 0 Å². The first-order chi connectivity index (χ1) is 26.6. The molecule has 0 unspecified atom stereocenters. The monoisotopic (exact) mass is 741 g/mol. The molecule has 0 radical (unpaired) electrons. The molecule has 1 saturated carbocycles. The van der Waals surface area contributed by atoms with Crippen LogP contribution in [0.1, 0.15) is 132 Å². The number of anilines is 1. The lowest BCUT2D eigenvalue weighted by Crippen LogP contribution is -2.58. The molecule has 1 saturated heterocycles. The second-order valence-electron chi connectivity index (χ2n) is 15.6. The fourth-order valence-corrected chi connectivity index (χ4v) is 7.79. The van der Waals surface area contributed by atoms with Gasteiger partial charge >= 0.3 is 0 Å². The van der Waals surface area contributed by atoms with Crippen molar-refractivity contribution in [2.75, 3.05) is 51.1 Å². The lowest BCUT2D eigenvalue weighted by atomic mass is 9.87.